The summed E-state index contributed by atoms with van der Waals surface area (Å²) in [6.07, 6.45) is 3.20. The first kappa shape index (κ1) is 34.8. The molecule has 3 aromatic heterocycles. The van der Waals surface area contributed by atoms with E-state index in [-0.39, 0.29) is 23.7 Å². The zero-order chi connectivity index (χ0) is 35.4. The van der Waals surface area contributed by atoms with Crippen molar-refractivity contribution in [2.45, 2.75) is 38.0 Å². The highest BCUT2D eigenvalue weighted by atomic mass is 19.2. The van der Waals surface area contributed by atoms with Gasteiger partial charge in [-0.1, -0.05) is 18.2 Å². The van der Waals surface area contributed by atoms with Gasteiger partial charge < -0.3 is 24.7 Å². The van der Waals surface area contributed by atoms with Gasteiger partial charge in [-0.25, -0.2) is 18.9 Å². The van der Waals surface area contributed by atoms with Crippen LogP contribution in [0.1, 0.15) is 40.4 Å². The summed E-state index contributed by atoms with van der Waals surface area (Å²) in [6.45, 7) is 3.76. The fourth-order valence-electron chi connectivity index (χ4n) is 6.03. The molecular formula is C34H38F2N8O6. The summed E-state index contributed by atoms with van der Waals surface area (Å²) in [6, 6.07) is 10.2. The number of carbonyl (C=O) groups is 2. The maximum atomic E-state index is 14.1. The molecular weight excluding hydrogens is 654 g/mol. The third-order valence-corrected chi connectivity index (χ3v) is 8.65. The van der Waals surface area contributed by atoms with Crippen LogP contribution in [0.3, 0.4) is 0 Å². The third kappa shape index (κ3) is 7.57. The molecule has 6 rings (SSSR count). The fourth-order valence-corrected chi connectivity index (χ4v) is 6.03. The lowest BCUT2D eigenvalue weighted by Gasteiger charge is -2.23. The van der Waals surface area contributed by atoms with Gasteiger partial charge in [-0.05, 0) is 44.0 Å². The first-order valence-corrected chi connectivity index (χ1v) is 16.2. The van der Waals surface area contributed by atoms with E-state index in [1.165, 1.54) is 16.8 Å². The number of hydroxylamine groups is 2. The van der Waals surface area contributed by atoms with E-state index in [4.69, 9.17) is 19.4 Å². The molecule has 0 unspecified atom stereocenters. The number of carbonyl (C=O) groups excluding carboxylic acids is 2. The molecule has 0 bridgehead atoms. The molecule has 4 aromatic rings. The Morgan fingerprint density at radius 1 is 1.10 bits per heavy atom. The summed E-state index contributed by atoms with van der Waals surface area (Å²) in [7, 11) is 3.10. The summed E-state index contributed by atoms with van der Waals surface area (Å²) in [4.78, 5) is 49.5. The van der Waals surface area contributed by atoms with Gasteiger partial charge in [0, 0.05) is 75.6 Å². The van der Waals surface area contributed by atoms with Crippen LogP contribution in [0, 0.1) is 18.7 Å². The predicted octanol–water partition coefficient (Wildman–Crippen LogP) is 3.25. The highest BCUT2D eigenvalue weighted by molar-refractivity contribution is 5.96. The van der Waals surface area contributed by atoms with Crippen LogP contribution in [0.4, 0.5) is 19.4 Å². The highest BCUT2D eigenvalue weighted by Crippen LogP contribution is 2.32. The number of pyridine rings is 2. The molecule has 0 radical (unpaired) electrons. The van der Waals surface area contributed by atoms with E-state index in [0.29, 0.717) is 67.5 Å². The van der Waals surface area contributed by atoms with Crippen molar-refractivity contribution in [1.29, 1.82) is 0 Å². The number of benzene rings is 1. The molecule has 1 aromatic carbocycles. The van der Waals surface area contributed by atoms with Crippen molar-refractivity contribution in [1.82, 2.24) is 35.0 Å². The lowest BCUT2D eigenvalue weighted by atomic mass is 10.0. The summed E-state index contributed by atoms with van der Waals surface area (Å²) in [5.74, 6) is -2.54. The Morgan fingerprint density at radius 2 is 1.86 bits per heavy atom. The van der Waals surface area contributed by atoms with Crippen LogP contribution in [0.25, 0.3) is 16.9 Å². The van der Waals surface area contributed by atoms with Crippen molar-refractivity contribution >= 4 is 17.8 Å². The van der Waals surface area contributed by atoms with Crippen molar-refractivity contribution < 1.29 is 32.7 Å². The molecule has 0 aliphatic carbocycles. The van der Waals surface area contributed by atoms with Gasteiger partial charge in [0.05, 0.1) is 24.0 Å². The second-order valence-electron chi connectivity index (χ2n) is 12.1. The van der Waals surface area contributed by atoms with E-state index in [2.05, 4.69) is 20.9 Å². The van der Waals surface area contributed by atoms with E-state index in [1.54, 1.807) is 37.0 Å². The second-order valence-corrected chi connectivity index (χ2v) is 12.1. The van der Waals surface area contributed by atoms with Crippen LogP contribution >= 0.6 is 0 Å². The average Bonchev–Trinajstić information content (AvgIpc) is 3.66. The lowest BCUT2D eigenvalue weighted by molar-refractivity contribution is -0.154. The van der Waals surface area contributed by atoms with Gasteiger partial charge in [0.25, 0.3) is 11.5 Å². The lowest BCUT2D eigenvalue weighted by Crippen LogP contribution is -2.42. The average molecular weight is 693 g/mol. The van der Waals surface area contributed by atoms with E-state index >= 15 is 0 Å². The van der Waals surface area contributed by atoms with Gasteiger partial charge in [-0.2, -0.15) is 14.6 Å². The summed E-state index contributed by atoms with van der Waals surface area (Å²) in [5.41, 5.74) is 1.87. The number of amides is 3. The van der Waals surface area contributed by atoms with Gasteiger partial charge in [0.2, 0.25) is 5.95 Å². The highest BCUT2D eigenvalue weighted by Gasteiger charge is 2.37. The molecule has 16 heteroatoms. The molecule has 264 valence electrons. The number of aryl methyl sites for hydroxylation is 1. The topological polar surface area (TPSA) is 154 Å². The normalized spacial score (nSPS) is 18.3. The Balaban J connectivity index is 1.30. The third-order valence-electron chi connectivity index (χ3n) is 8.65. The number of aromatic nitrogens is 4. The Kier molecular flexibility index (Phi) is 10.6. The van der Waals surface area contributed by atoms with Gasteiger partial charge in [0.1, 0.15) is 17.5 Å². The summed E-state index contributed by atoms with van der Waals surface area (Å²) < 4.78 is 41.2. The molecule has 2 atom stereocenters. The molecule has 3 amide bonds. The molecule has 0 saturated carbocycles. The van der Waals surface area contributed by atoms with Crippen molar-refractivity contribution in [3.63, 3.8) is 0 Å². The van der Waals surface area contributed by atoms with Crippen LogP contribution in [-0.4, -0.2) is 88.4 Å². The first-order valence-electron chi connectivity index (χ1n) is 16.2. The molecule has 3 N–H and O–H groups in total. The maximum absolute atomic E-state index is 14.1. The number of hydrogen-bond donors (Lipinski definition) is 3. The Labute approximate surface area is 286 Å². The van der Waals surface area contributed by atoms with Crippen LogP contribution < -0.4 is 21.5 Å². The minimum atomic E-state index is -1.24. The van der Waals surface area contributed by atoms with Gasteiger partial charge in [-0.3, -0.25) is 19.7 Å². The standard InChI is InChI=1S/C34H38F2N8O6/c1-20-28(22-15-25(33(46)42(2)18-22)32(45)38-23-9-12-49-13-10-23)41-44(24-7-5-4-6-8-24)31(20)40-34(47)39-27-19-43(11-14-48-3)50-29(27)21-16-26(35)30(36)37-17-21/h4-8,15-18,23,27,29H,9-14,19H2,1-3H3,(H,38,45)(H2,39,40,47)/t27-,29+/m1/s1. The number of hydrogen-bond acceptors (Lipinski definition) is 9. The molecule has 2 aliphatic rings. The van der Waals surface area contributed by atoms with Crippen LogP contribution in [0.5, 0.6) is 0 Å². The monoisotopic (exact) mass is 692 g/mol. The van der Waals surface area contributed by atoms with E-state index in [0.717, 1.165) is 6.07 Å². The first-order chi connectivity index (χ1) is 24.1. The predicted molar refractivity (Wildman–Crippen MR) is 178 cm³/mol. The molecule has 2 saturated heterocycles. The van der Waals surface area contributed by atoms with Crippen molar-refractivity contribution in [3.8, 4) is 16.9 Å². The Bertz CT molecular complexity index is 1910. The molecule has 2 aliphatic heterocycles. The number of urea groups is 1. The van der Waals surface area contributed by atoms with Crippen molar-refractivity contribution in [2.24, 2.45) is 7.05 Å². The minimum absolute atomic E-state index is 0.0329. The van der Waals surface area contributed by atoms with Crippen LogP contribution in [0.2, 0.25) is 0 Å². The molecule has 0 spiro atoms. The quantitative estimate of drug-likeness (QED) is 0.213. The maximum Gasteiger partial charge on any atom is 0.320 e. The second kappa shape index (κ2) is 15.2. The summed E-state index contributed by atoms with van der Waals surface area (Å²) >= 11 is 0. The smallest absolute Gasteiger partial charge is 0.320 e. The van der Waals surface area contributed by atoms with E-state index in [9.17, 15) is 23.2 Å². The Hall–Kier alpha value is -5.03. The molecule has 50 heavy (non-hydrogen) atoms. The zero-order valence-electron chi connectivity index (χ0n) is 27.8. The fraction of sp³-hybridized carbons (Fsp3) is 0.382. The SMILES string of the molecule is COCCN1C[C@@H](NC(=O)Nc2c(C)c(-c3cc(C(=O)NC4CCOCC4)c(=O)n(C)c3)nn2-c2ccccc2)[C@H](c2cnc(F)c(F)c2)O1. The Morgan fingerprint density at radius 3 is 2.58 bits per heavy atom. The summed E-state index contributed by atoms with van der Waals surface area (Å²) in [5, 5.41) is 15.2. The number of para-hydroxylation sites is 1. The number of rotatable bonds is 10. The van der Waals surface area contributed by atoms with Gasteiger partial charge >= 0.3 is 6.03 Å². The number of nitrogens with one attached hydrogen (secondary N) is 3. The molecule has 5 heterocycles. The zero-order valence-corrected chi connectivity index (χ0v) is 27.8. The largest absolute Gasteiger partial charge is 0.383 e. The van der Waals surface area contributed by atoms with Crippen molar-refractivity contribution in [3.05, 3.63) is 93.7 Å². The van der Waals surface area contributed by atoms with E-state index in [1.807, 2.05) is 30.3 Å². The molecule has 14 nitrogen and oxygen atoms in total. The van der Waals surface area contributed by atoms with E-state index < -0.39 is 41.4 Å². The van der Waals surface area contributed by atoms with Gasteiger partial charge in [-0.15, -0.1) is 0 Å². The number of ether oxygens (including phenoxy) is 2. The van der Waals surface area contributed by atoms with Crippen LogP contribution in [-0.2, 0) is 21.4 Å². The minimum Gasteiger partial charge on any atom is -0.383 e. The number of nitrogens with zero attached hydrogens (tertiary/aromatic N) is 5. The van der Waals surface area contributed by atoms with Crippen LogP contribution in [0.15, 0.2) is 59.7 Å². The number of halogens is 2. The van der Waals surface area contributed by atoms with Crippen molar-refractivity contribution in [2.75, 3.05) is 45.3 Å². The number of anilines is 1. The molecule has 2 fully saturated rings. The number of methoxy groups -OCH3 is 1. The van der Waals surface area contributed by atoms with Gasteiger partial charge in [0.15, 0.2) is 5.82 Å².